The standard InChI is InChI=1S/C13H15NO2S/c1-16-10-13(15,9-12-14-7-8-17-12)11-5-3-2-4-6-11/h2-8,15H,9-10H2,1H3. The van der Waals surface area contributed by atoms with Crippen molar-refractivity contribution in [3.63, 3.8) is 0 Å². The van der Waals surface area contributed by atoms with E-state index in [2.05, 4.69) is 4.98 Å². The number of hydrogen-bond acceptors (Lipinski definition) is 4. The van der Waals surface area contributed by atoms with Crippen molar-refractivity contribution in [2.45, 2.75) is 12.0 Å². The van der Waals surface area contributed by atoms with Crippen LogP contribution in [0.15, 0.2) is 41.9 Å². The summed E-state index contributed by atoms with van der Waals surface area (Å²) in [5.41, 5.74) is -0.148. The summed E-state index contributed by atoms with van der Waals surface area (Å²) in [6.07, 6.45) is 2.22. The Morgan fingerprint density at radius 2 is 2.12 bits per heavy atom. The zero-order chi connectivity index (χ0) is 12.1. The summed E-state index contributed by atoms with van der Waals surface area (Å²) < 4.78 is 5.14. The summed E-state index contributed by atoms with van der Waals surface area (Å²) in [5, 5.41) is 13.5. The minimum Gasteiger partial charge on any atom is -0.382 e. The molecule has 1 aromatic carbocycles. The molecule has 0 saturated heterocycles. The maximum atomic E-state index is 10.7. The highest BCUT2D eigenvalue weighted by Gasteiger charge is 2.30. The number of rotatable bonds is 5. The van der Waals surface area contributed by atoms with Crippen LogP contribution in [0.2, 0.25) is 0 Å². The van der Waals surface area contributed by atoms with Crippen molar-refractivity contribution in [2.75, 3.05) is 13.7 Å². The van der Waals surface area contributed by atoms with E-state index < -0.39 is 5.60 Å². The molecule has 2 aromatic rings. The van der Waals surface area contributed by atoms with E-state index in [-0.39, 0.29) is 6.61 Å². The summed E-state index contributed by atoms with van der Waals surface area (Å²) in [5.74, 6) is 0. The summed E-state index contributed by atoms with van der Waals surface area (Å²) in [4.78, 5) is 4.21. The van der Waals surface area contributed by atoms with E-state index in [1.54, 1.807) is 24.6 Å². The minimum absolute atomic E-state index is 0.261. The molecule has 1 atom stereocenters. The smallest absolute Gasteiger partial charge is 0.119 e. The van der Waals surface area contributed by atoms with Crippen molar-refractivity contribution in [1.82, 2.24) is 4.98 Å². The zero-order valence-corrected chi connectivity index (χ0v) is 10.5. The number of aromatic nitrogens is 1. The van der Waals surface area contributed by atoms with Crippen LogP contribution in [-0.2, 0) is 16.8 Å². The zero-order valence-electron chi connectivity index (χ0n) is 9.67. The first-order valence-corrected chi connectivity index (χ1v) is 6.28. The quantitative estimate of drug-likeness (QED) is 0.883. The maximum absolute atomic E-state index is 10.7. The van der Waals surface area contributed by atoms with Gasteiger partial charge in [0, 0.05) is 25.1 Å². The van der Waals surface area contributed by atoms with Crippen LogP contribution in [0.3, 0.4) is 0 Å². The molecule has 0 spiro atoms. The molecule has 2 rings (SSSR count). The summed E-state index contributed by atoms with van der Waals surface area (Å²) in [7, 11) is 1.59. The second-order valence-corrected chi connectivity index (χ2v) is 4.91. The Labute approximate surface area is 105 Å². The summed E-state index contributed by atoms with van der Waals surface area (Å²) in [6, 6.07) is 9.58. The molecule has 17 heavy (non-hydrogen) atoms. The highest BCUT2D eigenvalue weighted by molar-refractivity contribution is 7.09. The number of methoxy groups -OCH3 is 1. The number of aliphatic hydroxyl groups is 1. The lowest BCUT2D eigenvalue weighted by atomic mass is 9.91. The van der Waals surface area contributed by atoms with Crippen LogP contribution in [0.5, 0.6) is 0 Å². The van der Waals surface area contributed by atoms with E-state index in [9.17, 15) is 5.11 Å². The molecule has 0 aliphatic heterocycles. The Hall–Kier alpha value is -1.23. The number of hydrogen-bond donors (Lipinski definition) is 1. The number of ether oxygens (including phenoxy) is 1. The molecule has 1 unspecified atom stereocenters. The maximum Gasteiger partial charge on any atom is 0.119 e. The lowest BCUT2D eigenvalue weighted by Crippen LogP contribution is -2.33. The Kier molecular flexibility index (Phi) is 3.89. The van der Waals surface area contributed by atoms with Crippen LogP contribution < -0.4 is 0 Å². The van der Waals surface area contributed by atoms with Crippen LogP contribution >= 0.6 is 11.3 Å². The van der Waals surface area contributed by atoms with Crippen molar-refractivity contribution in [2.24, 2.45) is 0 Å². The molecular formula is C13H15NO2S. The Morgan fingerprint density at radius 3 is 2.71 bits per heavy atom. The van der Waals surface area contributed by atoms with E-state index in [1.165, 1.54) is 0 Å². The molecule has 3 nitrogen and oxygen atoms in total. The molecule has 0 aliphatic carbocycles. The van der Waals surface area contributed by atoms with Gasteiger partial charge in [0.25, 0.3) is 0 Å². The van der Waals surface area contributed by atoms with E-state index in [1.807, 2.05) is 35.7 Å². The van der Waals surface area contributed by atoms with Gasteiger partial charge in [0.15, 0.2) is 0 Å². The Bertz CT molecular complexity index is 444. The van der Waals surface area contributed by atoms with Gasteiger partial charge in [-0.2, -0.15) is 0 Å². The van der Waals surface area contributed by atoms with E-state index in [4.69, 9.17) is 4.74 Å². The Morgan fingerprint density at radius 1 is 1.35 bits per heavy atom. The van der Waals surface area contributed by atoms with E-state index in [0.717, 1.165) is 10.6 Å². The molecule has 1 aromatic heterocycles. The van der Waals surface area contributed by atoms with Crippen LogP contribution in [0.4, 0.5) is 0 Å². The van der Waals surface area contributed by atoms with Gasteiger partial charge in [0.2, 0.25) is 0 Å². The molecule has 0 bridgehead atoms. The molecule has 90 valence electrons. The van der Waals surface area contributed by atoms with Crippen LogP contribution in [-0.4, -0.2) is 23.8 Å². The molecule has 1 heterocycles. The third kappa shape index (κ3) is 2.91. The first kappa shape index (κ1) is 12.2. The van der Waals surface area contributed by atoms with Crippen LogP contribution in [0.1, 0.15) is 10.6 Å². The van der Waals surface area contributed by atoms with Crippen molar-refractivity contribution in [1.29, 1.82) is 0 Å². The predicted octanol–water partition coefficient (Wildman–Crippen LogP) is 2.22. The molecule has 0 saturated carbocycles. The average molecular weight is 249 g/mol. The molecule has 0 fully saturated rings. The van der Waals surface area contributed by atoms with Crippen LogP contribution in [0, 0.1) is 0 Å². The lowest BCUT2D eigenvalue weighted by Gasteiger charge is -2.27. The van der Waals surface area contributed by atoms with Gasteiger partial charge in [0.1, 0.15) is 5.60 Å². The largest absolute Gasteiger partial charge is 0.382 e. The second kappa shape index (κ2) is 5.40. The van der Waals surface area contributed by atoms with Crippen molar-refractivity contribution >= 4 is 11.3 Å². The fourth-order valence-electron chi connectivity index (χ4n) is 1.81. The predicted molar refractivity (Wildman–Crippen MR) is 68.0 cm³/mol. The first-order valence-electron chi connectivity index (χ1n) is 5.40. The number of benzene rings is 1. The average Bonchev–Trinajstić information content (AvgIpc) is 2.83. The van der Waals surface area contributed by atoms with Gasteiger partial charge in [-0.25, -0.2) is 4.98 Å². The van der Waals surface area contributed by atoms with Gasteiger partial charge >= 0.3 is 0 Å². The van der Waals surface area contributed by atoms with Gasteiger partial charge in [0.05, 0.1) is 11.6 Å². The van der Waals surface area contributed by atoms with Gasteiger partial charge < -0.3 is 9.84 Å². The monoisotopic (exact) mass is 249 g/mol. The number of thiazole rings is 1. The SMILES string of the molecule is COCC(O)(Cc1nccs1)c1ccccc1. The molecule has 0 aliphatic rings. The summed E-state index contributed by atoms with van der Waals surface area (Å²) >= 11 is 1.54. The molecule has 0 amide bonds. The topological polar surface area (TPSA) is 42.4 Å². The Balaban J connectivity index is 2.26. The van der Waals surface area contributed by atoms with E-state index >= 15 is 0 Å². The van der Waals surface area contributed by atoms with Gasteiger partial charge in [-0.3, -0.25) is 0 Å². The molecule has 1 N–H and O–H groups in total. The highest BCUT2D eigenvalue weighted by Crippen LogP contribution is 2.26. The lowest BCUT2D eigenvalue weighted by molar-refractivity contribution is -0.0355. The van der Waals surface area contributed by atoms with Crippen molar-refractivity contribution in [3.8, 4) is 0 Å². The van der Waals surface area contributed by atoms with Gasteiger partial charge in [-0.15, -0.1) is 11.3 Å². The van der Waals surface area contributed by atoms with Gasteiger partial charge in [-0.05, 0) is 5.56 Å². The van der Waals surface area contributed by atoms with Crippen molar-refractivity contribution in [3.05, 3.63) is 52.5 Å². The summed E-state index contributed by atoms with van der Waals surface area (Å²) in [6.45, 7) is 0.261. The molecule has 0 radical (unpaired) electrons. The fraction of sp³-hybridized carbons (Fsp3) is 0.308. The first-order chi connectivity index (χ1) is 8.24. The van der Waals surface area contributed by atoms with Gasteiger partial charge in [-0.1, -0.05) is 30.3 Å². The fourth-order valence-corrected chi connectivity index (χ4v) is 2.54. The third-order valence-corrected chi connectivity index (χ3v) is 3.40. The minimum atomic E-state index is -1.01. The number of nitrogens with zero attached hydrogens (tertiary/aromatic N) is 1. The van der Waals surface area contributed by atoms with E-state index in [0.29, 0.717) is 6.42 Å². The van der Waals surface area contributed by atoms with Crippen molar-refractivity contribution < 1.29 is 9.84 Å². The highest BCUT2D eigenvalue weighted by atomic mass is 32.1. The third-order valence-electron chi connectivity index (χ3n) is 2.62. The molecule has 4 heteroatoms. The van der Waals surface area contributed by atoms with Crippen LogP contribution in [0.25, 0.3) is 0 Å². The normalized spacial score (nSPS) is 14.5. The molecular weight excluding hydrogens is 234 g/mol. The second-order valence-electron chi connectivity index (χ2n) is 3.93.